The molecule has 2 rings (SSSR count). The minimum absolute atomic E-state index is 0.250. The van der Waals surface area contributed by atoms with E-state index in [0.29, 0.717) is 5.78 Å². The molecule has 1 aliphatic carbocycles. The van der Waals surface area contributed by atoms with Crippen LogP contribution in [0.4, 0.5) is 0 Å². The molecule has 0 amide bonds. The monoisotopic (exact) mass is 192 g/mol. The predicted molar refractivity (Wildman–Crippen MR) is 56.5 cm³/mol. The van der Waals surface area contributed by atoms with E-state index in [1.807, 2.05) is 24.3 Å². The largest absolute Gasteiger partial charge is 0.397 e. The number of carbonyl (C=O) groups is 1. The minimum atomic E-state index is 0.250. The Morgan fingerprint density at radius 3 is 2.57 bits per heavy atom. The first-order valence-corrected chi connectivity index (χ1v) is 5.01. The maximum Gasteiger partial charge on any atom is 0.163 e. The molecule has 0 spiro atoms. The Labute approximate surface area is 84.6 Å². The van der Waals surface area contributed by atoms with Crippen LogP contribution in [0.25, 0.3) is 0 Å². The molecule has 2 nitrogen and oxygen atoms in total. The highest BCUT2D eigenvalue weighted by Crippen LogP contribution is 2.19. The summed E-state index contributed by atoms with van der Waals surface area (Å²) in [5, 5.41) is 7.57. The van der Waals surface area contributed by atoms with Gasteiger partial charge in [-0.15, -0.1) is 0 Å². The van der Waals surface area contributed by atoms with Gasteiger partial charge in [0.1, 0.15) is 0 Å². The van der Waals surface area contributed by atoms with Gasteiger partial charge < -0.3 is 5.11 Å². The fourth-order valence-electron chi connectivity index (χ4n) is 1.58. The van der Waals surface area contributed by atoms with Gasteiger partial charge in [0.15, 0.2) is 5.78 Å². The molecule has 0 radical (unpaired) electrons. The predicted octanol–water partition coefficient (Wildman–Crippen LogP) is 2.20. The average molecular weight is 192 g/mol. The summed E-state index contributed by atoms with van der Waals surface area (Å²) in [6.07, 6.45) is 2.83. The van der Waals surface area contributed by atoms with Crippen molar-refractivity contribution in [3.8, 4) is 0 Å². The molecule has 0 atom stereocenters. The second-order valence-corrected chi connectivity index (χ2v) is 3.25. The van der Waals surface area contributed by atoms with Crippen molar-refractivity contribution in [1.29, 1.82) is 0 Å². The van der Waals surface area contributed by atoms with Gasteiger partial charge in [0.05, 0.1) is 0 Å². The highest BCUT2D eigenvalue weighted by atomic mass is 16.2. The average Bonchev–Trinajstić information content (AvgIpc) is 2.20. The zero-order valence-corrected chi connectivity index (χ0v) is 8.49. The first kappa shape index (κ1) is 10.9. The van der Waals surface area contributed by atoms with Crippen LogP contribution in [0.3, 0.4) is 0 Å². The molecule has 76 valence electrons. The number of aliphatic hydroxyl groups excluding tert-OH is 1. The highest BCUT2D eigenvalue weighted by molar-refractivity contribution is 5.98. The second-order valence-electron chi connectivity index (χ2n) is 3.25. The summed E-state index contributed by atoms with van der Waals surface area (Å²) in [5.74, 6) is 0.312. The van der Waals surface area contributed by atoms with Gasteiger partial charge in [0.2, 0.25) is 0 Å². The van der Waals surface area contributed by atoms with E-state index < -0.39 is 0 Å². The maximum atomic E-state index is 11.3. The van der Waals surface area contributed by atoms with Crippen LogP contribution in [0.2, 0.25) is 0 Å². The van der Waals surface area contributed by atoms with Crippen molar-refractivity contribution < 1.29 is 9.90 Å². The highest BCUT2D eigenvalue weighted by Gasteiger charge is 2.14. The Bertz CT molecular complexity index is 305. The zero-order valence-electron chi connectivity index (χ0n) is 8.49. The van der Waals surface area contributed by atoms with E-state index in [9.17, 15) is 4.79 Å². The molecule has 0 saturated carbocycles. The first-order valence-electron chi connectivity index (χ1n) is 5.01. The Balaban J connectivity index is 0.000000293. The topological polar surface area (TPSA) is 37.3 Å². The Kier molecular flexibility index (Phi) is 4.33. The summed E-state index contributed by atoms with van der Waals surface area (Å²) in [5.41, 5.74) is 2.17. The summed E-state index contributed by atoms with van der Waals surface area (Å²) in [6.45, 7) is 1.93. The number of aryl methyl sites for hydroxylation is 1. The molecule has 1 aromatic carbocycles. The van der Waals surface area contributed by atoms with Gasteiger partial charge in [-0.3, -0.25) is 4.79 Å². The molecule has 0 bridgehead atoms. The van der Waals surface area contributed by atoms with Crippen molar-refractivity contribution in [2.24, 2.45) is 0 Å². The SMILES string of the molecule is CCO.O=C1CCCc2ccccc21. The van der Waals surface area contributed by atoms with Crippen molar-refractivity contribution in [1.82, 2.24) is 0 Å². The maximum absolute atomic E-state index is 11.3. The number of ketones is 1. The van der Waals surface area contributed by atoms with Gasteiger partial charge in [0, 0.05) is 18.6 Å². The third kappa shape index (κ3) is 2.67. The van der Waals surface area contributed by atoms with E-state index in [2.05, 4.69) is 0 Å². The summed E-state index contributed by atoms with van der Waals surface area (Å²) in [4.78, 5) is 11.3. The van der Waals surface area contributed by atoms with Crippen LogP contribution in [-0.2, 0) is 6.42 Å². The van der Waals surface area contributed by atoms with E-state index in [0.717, 1.165) is 24.8 Å². The standard InChI is InChI=1S/C10H10O.C2H6O/c11-10-7-3-5-8-4-1-2-6-9(8)10;1-2-3/h1-2,4,6H,3,5,7H2;3H,2H2,1H3. The number of fused-ring (bicyclic) bond motifs is 1. The Morgan fingerprint density at radius 1 is 1.29 bits per heavy atom. The number of Topliss-reactive ketones (excluding diaryl/α,β-unsaturated/α-hetero) is 1. The van der Waals surface area contributed by atoms with Gasteiger partial charge in [-0.1, -0.05) is 24.3 Å². The number of benzene rings is 1. The molecule has 1 aromatic rings. The fourth-order valence-corrected chi connectivity index (χ4v) is 1.58. The molecule has 0 fully saturated rings. The van der Waals surface area contributed by atoms with Crippen LogP contribution in [0.1, 0.15) is 35.7 Å². The lowest BCUT2D eigenvalue weighted by Crippen LogP contribution is -2.09. The molecule has 0 heterocycles. The van der Waals surface area contributed by atoms with Crippen LogP contribution in [0.5, 0.6) is 0 Å². The first-order chi connectivity index (χ1) is 6.79. The third-order valence-electron chi connectivity index (χ3n) is 2.17. The van der Waals surface area contributed by atoms with Crippen LogP contribution >= 0.6 is 0 Å². The van der Waals surface area contributed by atoms with Crippen LogP contribution in [0, 0.1) is 0 Å². The number of hydrogen-bond donors (Lipinski definition) is 1. The smallest absolute Gasteiger partial charge is 0.163 e. The molecule has 2 heteroatoms. The van der Waals surface area contributed by atoms with Gasteiger partial charge in [-0.2, -0.15) is 0 Å². The summed E-state index contributed by atoms with van der Waals surface area (Å²) < 4.78 is 0. The van der Waals surface area contributed by atoms with Gasteiger partial charge >= 0.3 is 0 Å². The molecular weight excluding hydrogens is 176 g/mol. The molecule has 0 unspecified atom stereocenters. The Morgan fingerprint density at radius 2 is 1.93 bits per heavy atom. The third-order valence-corrected chi connectivity index (χ3v) is 2.17. The number of hydrogen-bond acceptors (Lipinski definition) is 2. The van der Waals surface area contributed by atoms with Crippen molar-refractivity contribution in [2.75, 3.05) is 6.61 Å². The number of aliphatic hydroxyl groups is 1. The molecule has 0 saturated heterocycles. The Hall–Kier alpha value is -1.15. The van der Waals surface area contributed by atoms with Gasteiger partial charge in [-0.05, 0) is 25.3 Å². The minimum Gasteiger partial charge on any atom is -0.397 e. The summed E-state index contributed by atoms with van der Waals surface area (Å²) >= 11 is 0. The number of rotatable bonds is 0. The van der Waals surface area contributed by atoms with Crippen LogP contribution < -0.4 is 0 Å². The van der Waals surface area contributed by atoms with Crippen molar-refractivity contribution in [2.45, 2.75) is 26.2 Å². The molecule has 0 aliphatic heterocycles. The van der Waals surface area contributed by atoms with Gasteiger partial charge in [0.25, 0.3) is 0 Å². The zero-order chi connectivity index (χ0) is 10.4. The second kappa shape index (κ2) is 5.55. The lowest BCUT2D eigenvalue weighted by molar-refractivity contribution is 0.0972. The molecule has 0 aromatic heterocycles. The number of carbonyl (C=O) groups excluding carboxylic acids is 1. The van der Waals surface area contributed by atoms with Crippen molar-refractivity contribution in [3.63, 3.8) is 0 Å². The van der Waals surface area contributed by atoms with Crippen molar-refractivity contribution in [3.05, 3.63) is 35.4 Å². The van der Waals surface area contributed by atoms with Crippen molar-refractivity contribution >= 4 is 5.78 Å². The van der Waals surface area contributed by atoms with E-state index in [1.54, 1.807) is 6.92 Å². The van der Waals surface area contributed by atoms with Crippen LogP contribution in [-0.4, -0.2) is 17.5 Å². The van der Waals surface area contributed by atoms with Crippen LogP contribution in [0.15, 0.2) is 24.3 Å². The fraction of sp³-hybridized carbons (Fsp3) is 0.417. The lowest BCUT2D eigenvalue weighted by atomic mass is 9.91. The normalized spacial score (nSPS) is 14.0. The van der Waals surface area contributed by atoms with Gasteiger partial charge in [-0.25, -0.2) is 0 Å². The van der Waals surface area contributed by atoms with E-state index in [1.165, 1.54) is 5.56 Å². The molecular formula is C12H16O2. The summed E-state index contributed by atoms with van der Waals surface area (Å²) in [7, 11) is 0. The van der Waals surface area contributed by atoms with E-state index in [4.69, 9.17) is 5.11 Å². The quantitative estimate of drug-likeness (QED) is 0.684. The van der Waals surface area contributed by atoms with E-state index in [-0.39, 0.29) is 6.61 Å². The molecule has 14 heavy (non-hydrogen) atoms. The molecule has 1 aliphatic rings. The van der Waals surface area contributed by atoms with E-state index >= 15 is 0 Å². The lowest BCUT2D eigenvalue weighted by Gasteiger charge is -2.12. The molecule has 1 N–H and O–H groups in total. The summed E-state index contributed by atoms with van der Waals surface area (Å²) in [6, 6.07) is 7.91.